The molecule has 2 heterocycles. The molecule has 6 fully saturated rings. The molecule has 4 bridgehead atoms. The predicted molar refractivity (Wildman–Crippen MR) is 156 cm³/mol. The summed E-state index contributed by atoms with van der Waals surface area (Å²) in [5.41, 5.74) is -0.448. The molecule has 0 amide bonds. The molecule has 234 valence electrons. The minimum Gasteiger partial charge on any atom is -0.458 e. The second kappa shape index (κ2) is 13.0. The van der Waals surface area contributed by atoms with Crippen molar-refractivity contribution in [2.75, 3.05) is 13.2 Å². The molecule has 4 aliphatic carbocycles. The van der Waals surface area contributed by atoms with Crippen molar-refractivity contribution in [2.24, 2.45) is 58.7 Å². The van der Waals surface area contributed by atoms with E-state index in [-0.39, 0.29) is 35.1 Å². The van der Waals surface area contributed by atoms with Crippen LogP contribution in [0.1, 0.15) is 113 Å². The van der Waals surface area contributed by atoms with Crippen molar-refractivity contribution in [3.8, 4) is 0 Å². The molecule has 6 rings (SSSR count). The second-order valence-electron chi connectivity index (χ2n) is 14.7. The molecule has 0 aromatic carbocycles. The number of hydrogen-bond acceptors (Lipinski definition) is 7. The highest BCUT2D eigenvalue weighted by molar-refractivity contribution is 5.95. The number of fused-ring (bicyclic) bond motifs is 4. The van der Waals surface area contributed by atoms with Crippen molar-refractivity contribution in [2.45, 2.75) is 125 Å². The maximum absolute atomic E-state index is 12.3. The summed E-state index contributed by atoms with van der Waals surface area (Å²) in [5, 5.41) is 0. The molecular weight excluding hydrogens is 520 g/mol. The Labute approximate surface area is 248 Å². The summed E-state index contributed by atoms with van der Waals surface area (Å²) in [6.45, 7) is 18.3. The average Bonchev–Trinajstić information content (AvgIpc) is 3.78. The first-order valence-corrected chi connectivity index (χ1v) is 16.6. The van der Waals surface area contributed by atoms with E-state index in [1.54, 1.807) is 13.8 Å². The maximum atomic E-state index is 12.3. The van der Waals surface area contributed by atoms with E-state index in [1.165, 1.54) is 32.1 Å². The first kappa shape index (κ1) is 32.4. The van der Waals surface area contributed by atoms with Gasteiger partial charge in [-0.15, -0.1) is 0 Å². The van der Waals surface area contributed by atoms with Crippen LogP contribution in [0.15, 0.2) is 0 Å². The molecule has 7 nitrogen and oxygen atoms in total. The van der Waals surface area contributed by atoms with E-state index >= 15 is 0 Å². The van der Waals surface area contributed by atoms with Gasteiger partial charge in [-0.25, -0.2) is 0 Å². The standard InChI is InChI=1S/C15H26O2.C13H22O2.C6H8O3/c1-5-14(3,4)13(16)17-15(6-2)10-11-7-8-12(15)9-11;1-8-9(2)11-6-10(8)7-12(11)13-14-4-3-5-15-13;1-3-4(2)6(8)9-5(3)7/h11-12H,5-10H2,1-4H3;8-13H,3-7H2,1-2H3;3-4H,1-2H3. The predicted octanol–water partition coefficient (Wildman–Crippen LogP) is 6.95. The Morgan fingerprint density at radius 1 is 0.902 bits per heavy atom. The highest BCUT2D eigenvalue weighted by Gasteiger charge is 2.54. The van der Waals surface area contributed by atoms with Crippen molar-refractivity contribution in [1.82, 2.24) is 0 Å². The van der Waals surface area contributed by atoms with Crippen molar-refractivity contribution in [1.29, 1.82) is 0 Å². The highest BCUT2D eigenvalue weighted by atomic mass is 16.7. The largest absolute Gasteiger partial charge is 0.458 e. The lowest BCUT2D eigenvalue weighted by Gasteiger charge is -2.38. The molecule has 7 heteroatoms. The molecule has 0 aromatic rings. The summed E-state index contributed by atoms with van der Waals surface area (Å²) in [6, 6.07) is 0. The van der Waals surface area contributed by atoms with Crippen LogP contribution in [0.25, 0.3) is 0 Å². The van der Waals surface area contributed by atoms with Gasteiger partial charge >= 0.3 is 17.9 Å². The molecule has 2 saturated heterocycles. The third kappa shape index (κ3) is 6.71. The van der Waals surface area contributed by atoms with E-state index in [4.69, 9.17) is 14.2 Å². The number of carbonyl (C=O) groups is 3. The first-order valence-electron chi connectivity index (χ1n) is 16.6. The molecule has 0 spiro atoms. The molecule has 10 atom stereocenters. The van der Waals surface area contributed by atoms with E-state index in [0.29, 0.717) is 11.8 Å². The Morgan fingerprint density at radius 2 is 1.51 bits per heavy atom. The fourth-order valence-corrected chi connectivity index (χ4v) is 8.25. The fourth-order valence-electron chi connectivity index (χ4n) is 8.25. The summed E-state index contributed by atoms with van der Waals surface area (Å²) < 4.78 is 21.9. The summed E-state index contributed by atoms with van der Waals surface area (Å²) in [4.78, 5) is 33.4. The topological polar surface area (TPSA) is 88.1 Å². The third-order valence-electron chi connectivity index (χ3n) is 12.1. The fraction of sp³-hybridized carbons (Fsp3) is 0.912. The Kier molecular flexibility index (Phi) is 10.3. The van der Waals surface area contributed by atoms with Crippen molar-refractivity contribution in [3.63, 3.8) is 0 Å². The number of ether oxygens (including phenoxy) is 4. The molecule has 0 aromatic heterocycles. The smallest absolute Gasteiger partial charge is 0.317 e. The summed E-state index contributed by atoms with van der Waals surface area (Å²) >= 11 is 0. The van der Waals surface area contributed by atoms with Crippen LogP contribution in [0, 0.1) is 58.7 Å². The lowest BCUT2D eigenvalue weighted by atomic mass is 9.75. The quantitative estimate of drug-likeness (QED) is 0.258. The molecular formula is C34H56O7. The van der Waals surface area contributed by atoms with Crippen LogP contribution in [0.2, 0.25) is 0 Å². The van der Waals surface area contributed by atoms with Gasteiger partial charge in [0, 0.05) is 5.92 Å². The Morgan fingerprint density at radius 3 is 1.93 bits per heavy atom. The van der Waals surface area contributed by atoms with Gasteiger partial charge in [-0.2, -0.15) is 0 Å². The van der Waals surface area contributed by atoms with Gasteiger partial charge in [0.2, 0.25) is 0 Å². The Hall–Kier alpha value is -1.47. The number of hydrogen-bond donors (Lipinski definition) is 0. The van der Waals surface area contributed by atoms with E-state index in [9.17, 15) is 14.4 Å². The molecule has 2 aliphatic heterocycles. The van der Waals surface area contributed by atoms with Gasteiger partial charge in [0.25, 0.3) is 0 Å². The number of carbonyl (C=O) groups excluding carboxylic acids is 3. The van der Waals surface area contributed by atoms with Crippen LogP contribution in [-0.2, 0) is 33.3 Å². The third-order valence-corrected chi connectivity index (χ3v) is 12.1. The van der Waals surface area contributed by atoms with Crippen LogP contribution >= 0.6 is 0 Å². The van der Waals surface area contributed by atoms with Crippen LogP contribution in [0.4, 0.5) is 0 Å². The van der Waals surface area contributed by atoms with E-state index in [1.807, 2.05) is 13.8 Å². The summed E-state index contributed by atoms with van der Waals surface area (Å²) in [5.74, 6) is 4.48. The first-order chi connectivity index (χ1) is 19.3. The maximum Gasteiger partial charge on any atom is 0.317 e. The van der Waals surface area contributed by atoms with Crippen molar-refractivity contribution in [3.05, 3.63) is 0 Å². The molecule has 0 radical (unpaired) electrons. The van der Waals surface area contributed by atoms with Gasteiger partial charge < -0.3 is 18.9 Å². The van der Waals surface area contributed by atoms with Gasteiger partial charge in [-0.1, -0.05) is 41.5 Å². The molecule has 6 aliphatic rings. The van der Waals surface area contributed by atoms with Gasteiger partial charge in [0.15, 0.2) is 6.29 Å². The lowest BCUT2D eigenvalue weighted by Crippen LogP contribution is -2.43. The van der Waals surface area contributed by atoms with E-state index in [2.05, 4.69) is 32.4 Å². The van der Waals surface area contributed by atoms with E-state index < -0.39 is 11.9 Å². The van der Waals surface area contributed by atoms with Gasteiger partial charge in [0.05, 0.1) is 30.5 Å². The number of esters is 3. The molecule has 10 unspecified atom stereocenters. The van der Waals surface area contributed by atoms with E-state index in [0.717, 1.165) is 68.5 Å². The number of rotatable bonds is 5. The normalized spacial score (nSPS) is 41.4. The molecule has 0 N–H and O–H groups in total. The van der Waals surface area contributed by atoms with Gasteiger partial charge in [0.1, 0.15) is 5.60 Å². The number of cyclic esters (lactones) is 2. The molecule has 41 heavy (non-hydrogen) atoms. The van der Waals surface area contributed by atoms with Crippen LogP contribution in [0.5, 0.6) is 0 Å². The monoisotopic (exact) mass is 576 g/mol. The SMILES string of the molecule is CC1C(=O)OC(=O)C1C.CC1C2CC(C3OCCCO3)C(C2)C1C.CCC(C)(C)C(=O)OC1(CC)CC2CCC1C2. The van der Waals surface area contributed by atoms with Gasteiger partial charge in [-0.05, 0) is 107 Å². The molecule has 4 saturated carbocycles. The van der Waals surface area contributed by atoms with Crippen molar-refractivity contribution < 1.29 is 33.3 Å². The minimum atomic E-state index is -0.396. The Balaban J connectivity index is 0.000000148. The Bertz CT molecular complexity index is 919. The average molecular weight is 577 g/mol. The zero-order valence-corrected chi connectivity index (χ0v) is 26.9. The lowest BCUT2D eigenvalue weighted by molar-refractivity contribution is -0.216. The van der Waals surface area contributed by atoms with Crippen LogP contribution < -0.4 is 0 Å². The summed E-state index contributed by atoms with van der Waals surface area (Å²) in [7, 11) is 0. The highest BCUT2D eigenvalue weighted by Crippen LogP contribution is 2.57. The zero-order valence-electron chi connectivity index (χ0n) is 26.9. The van der Waals surface area contributed by atoms with Crippen molar-refractivity contribution >= 4 is 17.9 Å². The van der Waals surface area contributed by atoms with Crippen LogP contribution in [-0.4, -0.2) is 43.0 Å². The minimum absolute atomic E-state index is 0.00870. The summed E-state index contributed by atoms with van der Waals surface area (Å²) in [6.07, 6.45) is 10.8. The van der Waals surface area contributed by atoms with Crippen LogP contribution in [0.3, 0.4) is 0 Å². The zero-order chi connectivity index (χ0) is 30.1. The van der Waals surface area contributed by atoms with Gasteiger partial charge in [-0.3, -0.25) is 14.4 Å². The second-order valence-corrected chi connectivity index (χ2v) is 14.7.